The van der Waals surface area contributed by atoms with Gasteiger partial charge in [-0.05, 0) is 72.9 Å². The van der Waals surface area contributed by atoms with E-state index < -0.39 is 40.1 Å². The topological polar surface area (TPSA) is 102 Å². The number of ether oxygens (including phenoxy) is 2. The molecule has 0 heterocycles. The molecule has 0 saturated carbocycles. The van der Waals surface area contributed by atoms with Gasteiger partial charge in [0.05, 0.1) is 10.5 Å². The lowest BCUT2D eigenvalue weighted by molar-refractivity contribution is -0.139. The lowest BCUT2D eigenvalue weighted by Gasteiger charge is -2.28. The first-order valence-electron chi connectivity index (χ1n) is 11.5. The molecular weight excluding hydrogens is 504 g/mol. The van der Waals surface area contributed by atoms with E-state index >= 15 is 0 Å². The minimum atomic E-state index is -4.23. The number of para-hydroxylation sites is 1. The van der Waals surface area contributed by atoms with E-state index in [4.69, 9.17) is 14.6 Å². The first-order valence-corrected chi connectivity index (χ1v) is 13.0. The minimum absolute atomic E-state index is 0.196. The Bertz CT molecular complexity index is 1410. The SMILES string of the molecule is C=CC(F)(F)c1cc(S(=O)(=O)N[C@@H]2CCCc3c(OCC(=O)O)cccc32)ccc1Oc1ccccc1. The predicted molar refractivity (Wildman–Crippen MR) is 133 cm³/mol. The number of carboxylic acid groups (broad SMARTS) is 1. The van der Waals surface area contributed by atoms with E-state index in [0.29, 0.717) is 48.0 Å². The van der Waals surface area contributed by atoms with Gasteiger partial charge in [-0.15, -0.1) is 0 Å². The molecule has 0 radical (unpaired) electrons. The maximum absolute atomic E-state index is 14.8. The summed E-state index contributed by atoms with van der Waals surface area (Å²) >= 11 is 0. The van der Waals surface area contributed by atoms with E-state index in [9.17, 15) is 22.0 Å². The van der Waals surface area contributed by atoms with E-state index in [1.54, 1.807) is 48.5 Å². The monoisotopic (exact) mass is 529 g/mol. The number of halogens is 2. The van der Waals surface area contributed by atoms with E-state index in [-0.39, 0.29) is 10.6 Å². The molecule has 4 rings (SSSR count). The summed E-state index contributed by atoms with van der Waals surface area (Å²) in [5.74, 6) is -4.18. The molecule has 0 aliphatic heterocycles. The zero-order chi connectivity index (χ0) is 26.6. The molecule has 0 spiro atoms. The molecular formula is C27H25F2NO6S. The third-order valence-electron chi connectivity index (χ3n) is 5.96. The van der Waals surface area contributed by atoms with Crippen molar-refractivity contribution < 1.29 is 36.6 Å². The van der Waals surface area contributed by atoms with Crippen molar-refractivity contribution in [2.45, 2.75) is 36.1 Å². The number of alkyl halides is 2. The van der Waals surface area contributed by atoms with Crippen molar-refractivity contribution in [2.24, 2.45) is 0 Å². The summed E-state index contributed by atoms with van der Waals surface area (Å²) in [7, 11) is -4.23. The van der Waals surface area contributed by atoms with Gasteiger partial charge in [-0.3, -0.25) is 0 Å². The number of allylic oxidation sites excluding steroid dienone is 1. The van der Waals surface area contributed by atoms with Gasteiger partial charge in [0, 0.05) is 6.04 Å². The zero-order valence-electron chi connectivity index (χ0n) is 19.7. The molecule has 0 fully saturated rings. The third-order valence-corrected chi connectivity index (χ3v) is 7.43. The molecule has 0 bridgehead atoms. The van der Waals surface area contributed by atoms with Gasteiger partial charge < -0.3 is 14.6 Å². The largest absolute Gasteiger partial charge is 0.482 e. The Morgan fingerprint density at radius 3 is 2.57 bits per heavy atom. The second-order valence-electron chi connectivity index (χ2n) is 8.47. The normalized spacial score (nSPS) is 15.5. The van der Waals surface area contributed by atoms with Crippen molar-refractivity contribution in [1.82, 2.24) is 4.72 Å². The van der Waals surface area contributed by atoms with Gasteiger partial charge in [-0.2, -0.15) is 8.78 Å². The van der Waals surface area contributed by atoms with Crippen LogP contribution in [-0.2, 0) is 27.2 Å². The molecule has 1 atom stereocenters. The number of carbonyl (C=O) groups is 1. The molecule has 10 heteroatoms. The van der Waals surface area contributed by atoms with Crippen LogP contribution in [0.25, 0.3) is 0 Å². The van der Waals surface area contributed by atoms with Gasteiger partial charge in [-0.1, -0.05) is 36.9 Å². The van der Waals surface area contributed by atoms with Gasteiger partial charge >= 0.3 is 5.97 Å². The highest BCUT2D eigenvalue weighted by Crippen LogP contribution is 2.40. The van der Waals surface area contributed by atoms with Crippen molar-refractivity contribution >= 4 is 16.0 Å². The predicted octanol–water partition coefficient (Wildman–Crippen LogP) is 5.58. The fraction of sp³-hybridized carbons (Fsp3) is 0.222. The molecule has 3 aromatic rings. The van der Waals surface area contributed by atoms with E-state index in [2.05, 4.69) is 11.3 Å². The Morgan fingerprint density at radius 2 is 1.86 bits per heavy atom. The lowest BCUT2D eigenvalue weighted by Crippen LogP contribution is -2.31. The fourth-order valence-corrected chi connectivity index (χ4v) is 5.49. The smallest absolute Gasteiger partial charge is 0.341 e. The zero-order valence-corrected chi connectivity index (χ0v) is 20.5. The van der Waals surface area contributed by atoms with Crippen LogP contribution in [0.5, 0.6) is 17.2 Å². The first-order chi connectivity index (χ1) is 17.6. The molecule has 0 unspecified atom stereocenters. The van der Waals surface area contributed by atoms with E-state index in [0.717, 1.165) is 6.07 Å². The quantitative estimate of drug-likeness (QED) is 0.333. The van der Waals surface area contributed by atoms with Crippen LogP contribution >= 0.6 is 0 Å². The molecule has 3 aromatic carbocycles. The Labute approximate surface area is 213 Å². The molecule has 1 aliphatic rings. The maximum Gasteiger partial charge on any atom is 0.341 e. The average molecular weight is 530 g/mol. The van der Waals surface area contributed by atoms with Gasteiger partial charge in [0.1, 0.15) is 17.2 Å². The number of rotatable bonds is 10. The van der Waals surface area contributed by atoms with Crippen molar-refractivity contribution in [2.75, 3.05) is 6.61 Å². The summed E-state index contributed by atoms with van der Waals surface area (Å²) in [6.07, 6.45) is 2.11. The highest BCUT2D eigenvalue weighted by Gasteiger charge is 2.34. The van der Waals surface area contributed by atoms with Crippen LogP contribution in [0.3, 0.4) is 0 Å². The number of nitrogens with one attached hydrogen (secondary N) is 1. The Balaban J connectivity index is 1.65. The second kappa shape index (κ2) is 10.7. The van der Waals surface area contributed by atoms with Crippen molar-refractivity contribution in [3.05, 3.63) is 96.1 Å². The van der Waals surface area contributed by atoms with Crippen LogP contribution in [0.1, 0.15) is 35.6 Å². The molecule has 0 saturated heterocycles. The molecule has 194 valence electrons. The molecule has 2 N–H and O–H groups in total. The summed E-state index contributed by atoms with van der Waals surface area (Å²) in [6.45, 7) is 2.66. The summed E-state index contributed by atoms with van der Waals surface area (Å²) in [5.41, 5.74) is 0.731. The molecule has 0 amide bonds. The van der Waals surface area contributed by atoms with Crippen LogP contribution in [0, 0.1) is 0 Å². The van der Waals surface area contributed by atoms with Crippen LogP contribution < -0.4 is 14.2 Å². The third kappa shape index (κ3) is 5.98. The molecule has 0 aromatic heterocycles. The fourth-order valence-electron chi connectivity index (χ4n) is 4.22. The van der Waals surface area contributed by atoms with Crippen LogP contribution in [0.15, 0.2) is 84.3 Å². The Kier molecular flexibility index (Phi) is 7.60. The number of carboxylic acids is 1. The van der Waals surface area contributed by atoms with Gasteiger partial charge in [-0.25, -0.2) is 17.9 Å². The first kappa shape index (κ1) is 26.3. The second-order valence-corrected chi connectivity index (χ2v) is 10.2. The van der Waals surface area contributed by atoms with Crippen molar-refractivity contribution in [1.29, 1.82) is 0 Å². The number of hydrogen-bond donors (Lipinski definition) is 2. The molecule has 1 aliphatic carbocycles. The number of fused-ring (bicyclic) bond motifs is 1. The summed E-state index contributed by atoms with van der Waals surface area (Å²) in [6, 6.07) is 16.0. The Morgan fingerprint density at radius 1 is 1.11 bits per heavy atom. The number of sulfonamides is 1. The summed E-state index contributed by atoms with van der Waals surface area (Å²) in [4.78, 5) is 10.6. The van der Waals surface area contributed by atoms with Crippen LogP contribution in [0.2, 0.25) is 0 Å². The highest BCUT2D eigenvalue weighted by molar-refractivity contribution is 7.89. The Hall–Kier alpha value is -3.76. The molecule has 7 nitrogen and oxygen atoms in total. The lowest BCUT2D eigenvalue weighted by atomic mass is 9.87. The summed E-state index contributed by atoms with van der Waals surface area (Å²) in [5, 5.41) is 8.92. The van der Waals surface area contributed by atoms with Crippen LogP contribution in [0.4, 0.5) is 8.78 Å². The van der Waals surface area contributed by atoms with Crippen molar-refractivity contribution in [3.8, 4) is 17.2 Å². The summed E-state index contributed by atoms with van der Waals surface area (Å²) < 4.78 is 69.8. The molecule has 37 heavy (non-hydrogen) atoms. The van der Waals surface area contributed by atoms with Gasteiger partial charge in [0.25, 0.3) is 5.92 Å². The van der Waals surface area contributed by atoms with Crippen molar-refractivity contribution in [3.63, 3.8) is 0 Å². The van der Waals surface area contributed by atoms with Crippen LogP contribution in [-0.4, -0.2) is 26.1 Å². The number of benzene rings is 3. The standard InChI is InChI=1S/C27H25F2NO6S/c1-2-27(28,29)22-16-19(14-15-25(22)36-18-8-4-3-5-9-18)37(33,34)30-23-12-6-11-21-20(23)10-7-13-24(21)35-17-26(31)32/h2-5,7-10,13-16,23,30H,1,6,11-12,17H2,(H,31,32)/t23-/m1/s1. The number of aliphatic carboxylic acids is 1. The van der Waals surface area contributed by atoms with E-state index in [1.807, 2.05) is 0 Å². The average Bonchev–Trinajstić information content (AvgIpc) is 2.88. The van der Waals surface area contributed by atoms with Gasteiger partial charge in [0.15, 0.2) is 6.61 Å². The van der Waals surface area contributed by atoms with E-state index in [1.165, 1.54) is 12.1 Å². The maximum atomic E-state index is 14.8. The minimum Gasteiger partial charge on any atom is -0.482 e. The highest BCUT2D eigenvalue weighted by atomic mass is 32.2. The number of hydrogen-bond acceptors (Lipinski definition) is 5. The van der Waals surface area contributed by atoms with Gasteiger partial charge in [0.2, 0.25) is 10.0 Å².